The Labute approximate surface area is 94.1 Å². The fourth-order valence-electron chi connectivity index (χ4n) is 1.23. The van der Waals surface area contributed by atoms with E-state index in [1.54, 1.807) is 16.7 Å². The molecule has 0 spiro atoms. The van der Waals surface area contributed by atoms with Crippen molar-refractivity contribution in [3.8, 4) is 0 Å². The third-order valence-electron chi connectivity index (χ3n) is 1.99. The van der Waals surface area contributed by atoms with Crippen LogP contribution in [0.5, 0.6) is 0 Å². The van der Waals surface area contributed by atoms with Crippen LogP contribution in [0.25, 0.3) is 0 Å². The third-order valence-corrected chi connectivity index (χ3v) is 3.85. The molecule has 0 bridgehead atoms. The first kappa shape index (κ1) is 10.3. The highest BCUT2D eigenvalue weighted by molar-refractivity contribution is 7.13. The van der Waals surface area contributed by atoms with E-state index in [9.17, 15) is 10.1 Å². The van der Waals surface area contributed by atoms with Crippen molar-refractivity contribution in [3.05, 3.63) is 49.5 Å². The maximum Gasteiger partial charge on any atom is 0.324 e. The molecule has 0 unspecified atom stereocenters. The lowest BCUT2D eigenvalue weighted by molar-refractivity contribution is -0.380. The van der Waals surface area contributed by atoms with Gasteiger partial charge in [0.05, 0.1) is 11.0 Å². The van der Waals surface area contributed by atoms with Crippen LogP contribution in [0.15, 0.2) is 29.0 Å². The van der Waals surface area contributed by atoms with Crippen LogP contribution in [-0.4, -0.2) is 4.92 Å². The van der Waals surface area contributed by atoms with Crippen molar-refractivity contribution in [2.75, 3.05) is 0 Å². The van der Waals surface area contributed by atoms with Gasteiger partial charge in [0.2, 0.25) is 0 Å². The van der Waals surface area contributed by atoms with Crippen LogP contribution in [0, 0.1) is 10.1 Å². The van der Waals surface area contributed by atoms with Crippen molar-refractivity contribution in [2.45, 2.75) is 6.04 Å². The lowest BCUT2D eigenvalue weighted by atomic mass is 10.1. The van der Waals surface area contributed by atoms with Crippen molar-refractivity contribution >= 4 is 27.7 Å². The van der Waals surface area contributed by atoms with Crippen LogP contribution in [0.3, 0.4) is 0 Å². The lowest BCUT2D eigenvalue weighted by Gasteiger charge is -2.05. The molecule has 2 aromatic heterocycles. The van der Waals surface area contributed by atoms with E-state index in [-0.39, 0.29) is 11.0 Å². The third kappa shape index (κ3) is 2.06. The molecule has 0 aliphatic rings. The van der Waals surface area contributed by atoms with Gasteiger partial charge in [-0.15, -0.1) is 11.3 Å². The van der Waals surface area contributed by atoms with Gasteiger partial charge >= 0.3 is 5.00 Å². The fourth-order valence-corrected chi connectivity index (χ4v) is 2.75. The van der Waals surface area contributed by atoms with Crippen LogP contribution in [0.1, 0.15) is 16.5 Å². The van der Waals surface area contributed by atoms with Crippen molar-refractivity contribution in [1.29, 1.82) is 0 Å². The number of hydrogen-bond donors (Lipinski definition) is 1. The molecule has 0 radical (unpaired) electrons. The standard InChI is InChI=1S/C9H8N2O2S2/c10-9(7-2-1-3-14-7)6-4-8(11(12)13)15-5-6/h1-5,9H,10H2/t9-/m1/s1. The summed E-state index contributed by atoms with van der Waals surface area (Å²) >= 11 is 2.66. The first-order valence-electron chi connectivity index (χ1n) is 4.20. The average Bonchev–Trinajstić information content (AvgIpc) is 2.88. The molecule has 0 amide bonds. The summed E-state index contributed by atoms with van der Waals surface area (Å²) < 4.78 is 0. The number of hydrogen-bond acceptors (Lipinski definition) is 5. The Kier molecular flexibility index (Phi) is 2.81. The molecular formula is C9H8N2O2S2. The highest BCUT2D eigenvalue weighted by atomic mass is 32.1. The van der Waals surface area contributed by atoms with Gasteiger partial charge in [0, 0.05) is 16.3 Å². The van der Waals surface area contributed by atoms with Crippen molar-refractivity contribution in [1.82, 2.24) is 0 Å². The second kappa shape index (κ2) is 4.09. The minimum atomic E-state index is -0.394. The van der Waals surface area contributed by atoms with Crippen LogP contribution in [0.4, 0.5) is 5.00 Å². The van der Waals surface area contributed by atoms with Gasteiger partial charge in [0.25, 0.3) is 0 Å². The lowest BCUT2D eigenvalue weighted by Crippen LogP contribution is -2.08. The molecule has 0 saturated carbocycles. The van der Waals surface area contributed by atoms with Crippen LogP contribution in [-0.2, 0) is 0 Å². The van der Waals surface area contributed by atoms with Gasteiger partial charge in [0.1, 0.15) is 0 Å². The molecule has 2 heterocycles. The first-order valence-corrected chi connectivity index (χ1v) is 5.96. The molecule has 15 heavy (non-hydrogen) atoms. The quantitative estimate of drug-likeness (QED) is 0.662. The van der Waals surface area contributed by atoms with E-state index in [4.69, 9.17) is 5.73 Å². The zero-order valence-electron chi connectivity index (χ0n) is 7.62. The Morgan fingerprint density at radius 2 is 2.27 bits per heavy atom. The van der Waals surface area contributed by atoms with Gasteiger partial charge in [0.15, 0.2) is 0 Å². The van der Waals surface area contributed by atoms with Crippen molar-refractivity contribution in [3.63, 3.8) is 0 Å². The molecule has 6 heteroatoms. The van der Waals surface area contributed by atoms with Gasteiger partial charge in [-0.05, 0) is 17.0 Å². The summed E-state index contributed by atoms with van der Waals surface area (Å²) in [6.07, 6.45) is 0. The molecule has 2 N–H and O–H groups in total. The SMILES string of the molecule is N[C@H](c1csc([N+](=O)[O-])c1)c1cccs1. The minimum absolute atomic E-state index is 0.136. The maximum absolute atomic E-state index is 10.5. The Hall–Kier alpha value is -1.24. The summed E-state index contributed by atoms with van der Waals surface area (Å²) in [5.41, 5.74) is 6.77. The largest absolute Gasteiger partial charge is 0.324 e. The summed E-state index contributed by atoms with van der Waals surface area (Å²) in [7, 11) is 0. The fraction of sp³-hybridized carbons (Fsp3) is 0.111. The molecular weight excluding hydrogens is 232 g/mol. The zero-order chi connectivity index (χ0) is 10.8. The van der Waals surface area contributed by atoms with E-state index >= 15 is 0 Å². The summed E-state index contributed by atoms with van der Waals surface area (Å²) in [6, 6.07) is 5.13. The Bertz CT molecular complexity index is 464. The van der Waals surface area contributed by atoms with Gasteiger partial charge in [-0.3, -0.25) is 10.1 Å². The molecule has 0 aliphatic carbocycles. The van der Waals surface area contributed by atoms with Gasteiger partial charge in [-0.1, -0.05) is 17.4 Å². The zero-order valence-corrected chi connectivity index (χ0v) is 9.25. The normalized spacial score (nSPS) is 12.6. The number of rotatable bonds is 3. The Balaban J connectivity index is 2.26. The highest BCUT2D eigenvalue weighted by Crippen LogP contribution is 2.30. The molecule has 78 valence electrons. The molecule has 0 saturated heterocycles. The van der Waals surface area contributed by atoms with Crippen molar-refractivity contribution in [2.24, 2.45) is 5.73 Å². The molecule has 0 aliphatic heterocycles. The summed E-state index contributed by atoms with van der Waals surface area (Å²) in [6.45, 7) is 0. The smallest absolute Gasteiger partial charge is 0.320 e. The monoisotopic (exact) mass is 240 g/mol. The van der Waals surface area contributed by atoms with E-state index in [1.807, 2.05) is 17.5 Å². The minimum Gasteiger partial charge on any atom is -0.320 e. The Morgan fingerprint density at radius 3 is 2.80 bits per heavy atom. The number of nitrogens with zero attached hydrogens (tertiary/aromatic N) is 1. The second-order valence-corrected chi connectivity index (χ2v) is 4.84. The molecule has 2 rings (SSSR count). The molecule has 2 aromatic rings. The van der Waals surface area contributed by atoms with Crippen LogP contribution >= 0.6 is 22.7 Å². The summed E-state index contributed by atoms with van der Waals surface area (Å²) in [4.78, 5) is 11.1. The van der Waals surface area contributed by atoms with Crippen molar-refractivity contribution < 1.29 is 4.92 Å². The predicted octanol–water partition coefficient (Wildman–Crippen LogP) is 2.77. The summed E-state index contributed by atoms with van der Waals surface area (Å²) in [5, 5.41) is 14.3. The van der Waals surface area contributed by atoms with Crippen LogP contribution in [0.2, 0.25) is 0 Å². The van der Waals surface area contributed by atoms with Crippen LogP contribution < -0.4 is 5.73 Å². The van der Waals surface area contributed by atoms with E-state index in [1.165, 1.54) is 6.07 Å². The van der Waals surface area contributed by atoms with E-state index in [2.05, 4.69) is 0 Å². The van der Waals surface area contributed by atoms with Gasteiger partial charge < -0.3 is 5.73 Å². The number of nitro groups is 1. The maximum atomic E-state index is 10.5. The van der Waals surface area contributed by atoms with E-state index in [0.717, 1.165) is 21.8 Å². The first-order chi connectivity index (χ1) is 7.18. The number of nitrogens with two attached hydrogens (primary N) is 1. The van der Waals surface area contributed by atoms with Gasteiger partial charge in [-0.2, -0.15) is 0 Å². The average molecular weight is 240 g/mol. The molecule has 0 aromatic carbocycles. The number of thiophene rings is 2. The predicted molar refractivity (Wildman–Crippen MR) is 61.3 cm³/mol. The summed E-state index contributed by atoms with van der Waals surface area (Å²) in [5.74, 6) is 0. The molecule has 4 nitrogen and oxygen atoms in total. The highest BCUT2D eigenvalue weighted by Gasteiger charge is 2.16. The van der Waals surface area contributed by atoms with E-state index in [0.29, 0.717) is 0 Å². The van der Waals surface area contributed by atoms with Gasteiger partial charge in [-0.25, -0.2) is 0 Å². The molecule has 1 atom stereocenters. The topological polar surface area (TPSA) is 69.2 Å². The van der Waals surface area contributed by atoms with E-state index < -0.39 is 4.92 Å². The second-order valence-electron chi connectivity index (χ2n) is 2.97. The Morgan fingerprint density at radius 1 is 1.47 bits per heavy atom. The molecule has 0 fully saturated rings.